The Morgan fingerprint density at radius 3 is 1.96 bits per heavy atom. The molecular weight excluding hydrogens is 344 g/mol. The largest absolute Gasteiger partial charge is 0.493 e. The van der Waals surface area contributed by atoms with Crippen molar-refractivity contribution in [3.05, 3.63) is 17.7 Å². The second-order valence-corrected chi connectivity index (χ2v) is 5.77. The average molecular weight is 375 g/mol. The number of nitrogens with one attached hydrogen (secondary N) is 1. The maximum atomic E-state index is 12.3. The van der Waals surface area contributed by atoms with Crippen LogP contribution in [0.4, 0.5) is 0 Å². The maximum Gasteiger partial charge on any atom is 0.220 e. The molecule has 0 unspecified atom stereocenters. The fourth-order valence-corrected chi connectivity index (χ4v) is 2.66. The van der Waals surface area contributed by atoms with E-state index in [1.165, 1.54) is 0 Å². The fourth-order valence-electron chi connectivity index (χ4n) is 2.66. The molecule has 0 heterocycles. The number of ether oxygens (including phenoxy) is 3. The van der Waals surface area contributed by atoms with Gasteiger partial charge in [-0.15, -0.1) is 12.4 Å². The van der Waals surface area contributed by atoms with Gasteiger partial charge in [-0.25, -0.2) is 0 Å². The van der Waals surface area contributed by atoms with Gasteiger partial charge in [0.25, 0.3) is 0 Å². The minimum absolute atomic E-state index is 0. The average Bonchev–Trinajstić information content (AvgIpc) is 2.63. The molecule has 144 valence electrons. The van der Waals surface area contributed by atoms with Crippen molar-refractivity contribution in [3.8, 4) is 17.2 Å². The van der Waals surface area contributed by atoms with Crippen LogP contribution in [0, 0.1) is 0 Å². The van der Waals surface area contributed by atoms with Crippen LogP contribution in [0.2, 0.25) is 0 Å². The number of halogens is 1. The number of hydrogen-bond donors (Lipinski definition) is 2. The molecule has 0 aromatic heterocycles. The molecule has 6 nitrogen and oxygen atoms in total. The lowest BCUT2D eigenvalue weighted by atomic mass is 9.92. The predicted octanol–water partition coefficient (Wildman–Crippen LogP) is 2.70. The van der Waals surface area contributed by atoms with Gasteiger partial charge in [-0.3, -0.25) is 4.79 Å². The predicted molar refractivity (Wildman–Crippen MR) is 102 cm³/mol. The summed E-state index contributed by atoms with van der Waals surface area (Å²) in [5.74, 6) is 1.72. The number of aryl methyl sites for hydroxylation is 1. The SMILES string of the molecule is CCC(CC)(CN)NC(=O)CCc1cc(OC)c(OC)c(OC)c1.Cl. The smallest absolute Gasteiger partial charge is 0.220 e. The number of amides is 1. The van der Waals surface area contributed by atoms with Crippen LogP contribution < -0.4 is 25.3 Å². The van der Waals surface area contributed by atoms with Crippen LogP contribution in [0.5, 0.6) is 17.2 Å². The summed E-state index contributed by atoms with van der Waals surface area (Å²) in [6.45, 7) is 4.52. The minimum Gasteiger partial charge on any atom is -0.493 e. The van der Waals surface area contributed by atoms with Gasteiger partial charge in [0, 0.05) is 13.0 Å². The Kier molecular flexibility index (Phi) is 10.3. The zero-order valence-corrected chi connectivity index (χ0v) is 16.6. The monoisotopic (exact) mass is 374 g/mol. The molecule has 0 fully saturated rings. The normalized spacial score (nSPS) is 10.6. The molecule has 1 amide bonds. The molecule has 7 heteroatoms. The van der Waals surface area contributed by atoms with Crippen LogP contribution in [0.15, 0.2) is 12.1 Å². The quantitative estimate of drug-likeness (QED) is 0.658. The van der Waals surface area contributed by atoms with E-state index in [9.17, 15) is 4.79 Å². The molecule has 0 saturated heterocycles. The zero-order valence-electron chi connectivity index (χ0n) is 15.8. The summed E-state index contributed by atoms with van der Waals surface area (Å²) in [5, 5.41) is 3.08. The van der Waals surface area contributed by atoms with Crippen LogP contribution >= 0.6 is 12.4 Å². The van der Waals surface area contributed by atoms with Gasteiger partial charge in [0.05, 0.1) is 26.9 Å². The first kappa shape index (κ1) is 23.3. The van der Waals surface area contributed by atoms with Crippen molar-refractivity contribution < 1.29 is 19.0 Å². The number of carbonyl (C=O) groups excluding carboxylic acids is 1. The molecule has 0 saturated carbocycles. The third kappa shape index (κ3) is 5.97. The molecule has 1 aromatic carbocycles. The lowest BCUT2D eigenvalue weighted by Gasteiger charge is -2.31. The summed E-state index contributed by atoms with van der Waals surface area (Å²) in [5.41, 5.74) is 6.47. The van der Waals surface area contributed by atoms with Gasteiger partial charge < -0.3 is 25.3 Å². The van der Waals surface area contributed by atoms with Crippen molar-refractivity contribution in [2.24, 2.45) is 5.73 Å². The van der Waals surface area contributed by atoms with E-state index in [0.29, 0.717) is 36.6 Å². The third-order valence-corrected chi connectivity index (χ3v) is 4.51. The van der Waals surface area contributed by atoms with E-state index in [-0.39, 0.29) is 23.9 Å². The lowest BCUT2D eigenvalue weighted by Crippen LogP contribution is -2.52. The van der Waals surface area contributed by atoms with Crippen LogP contribution in [0.1, 0.15) is 38.7 Å². The first-order chi connectivity index (χ1) is 11.5. The number of benzene rings is 1. The molecule has 25 heavy (non-hydrogen) atoms. The van der Waals surface area contributed by atoms with Crippen molar-refractivity contribution in [1.29, 1.82) is 0 Å². The molecular formula is C18H31ClN2O4. The molecule has 0 aliphatic carbocycles. The van der Waals surface area contributed by atoms with E-state index in [1.54, 1.807) is 21.3 Å². The van der Waals surface area contributed by atoms with E-state index in [1.807, 2.05) is 26.0 Å². The van der Waals surface area contributed by atoms with Crippen molar-refractivity contribution >= 4 is 18.3 Å². The standard InChI is InChI=1S/C18H30N2O4.ClH/c1-6-18(7-2,12-19)20-16(21)9-8-13-10-14(22-3)17(24-5)15(11-13)23-4;/h10-11H,6-9,12,19H2,1-5H3,(H,20,21);1H. The van der Waals surface area contributed by atoms with Crippen molar-refractivity contribution in [2.45, 2.75) is 45.1 Å². The van der Waals surface area contributed by atoms with E-state index >= 15 is 0 Å². The third-order valence-electron chi connectivity index (χ3n) is 4.51. The highest BCUT2D eigenvalue weighted by molar-refractivity contribution is 5.85. The van der Waals surface area contributed by atoms with Crippen LogP contribution in [0.3, 0.4) is 0 Å². The highest BCUT2D eigenvalue weighted by atomic mass is 35.5. The van der Waals surface area contributed by atoms with E-state index in [0.717, 1.165) is 18.4 Å². The van der Waals surface area contributed by atoms with Gasteiger partial charge in [0.15, 0.2) is 11.5 Å². The highest BCUT2D eigenvalue weighted by Gasteiger charge is 2.26. The molecule has 1 aromatic rings. The Balaban J connectivity index is 0.00000576. The number of hydrogen-bond acceptors (Lipinski definition) is 5. The van der Waals surface area contributed by atoms with Crippen molar-refractivity contribution in [1.82, 2.24) is 5.32 Å². The molecule has 0 atom stereocenters. The second kappa shape index (κ2) is 11.1. The maximum absolute atomic E-state index is 12.3. The van der Waals surface area contributed by atoms with Crippen molar-refractivity contribution in [3.63, 3.8) is 0 Å². The Hall–Kier alpha value is -1.66. The van der Waals surface area contributed by atoms with Gasteiger partial charge in [0.2, 0.25) is 11.7 Å². The summed E-state index contributed by atoms with van der Waals surface area (Å²) in [7, 11) is 4.72. The molecule has 1 rings (SSSR count). The highest BCUT2D eigenvalue weighted by Crippen LogP contribution is 2.38. The summed E-state index contributed by atoms with van der Waals surface area (Å²) in [6, 6.07) is 3.73. The molecule has 0 aliphatic rings. The van der Waals surface area contributed by atoms with Crippen LogP contribution in [-0.2, 0) is 11.2 Å². The first-order valence-corrected chi connectivity index (χ1v) is 8.29. The van der Waals surface area contributed by atoms with Gasteiger partial charge in [-0.2, -0.15) is 0 Å². The lowest BCUT2D eigenvalue weighted by molar-refractivity contribution is -0.123. The Morgan fingerprint density at radius 2 is 1.60 bits per heavy atom. The second-order valence-electron chi connectivity index (χ2n) is 5.77. The van der Waals surface area contributed by atoms with Gasteiger partial charge >= 0.3 is 0 Å². The summed E-state index contributed by atoms with van der Waals surface area (Å²) in [4.78, 5) is 12.3. The minimum atomic E-state index is -0.313. The van der Waals surface area contributed by atoms with E-state index in [4.69, 9.17) is 19.9 Å². The van der Waals surface area contributed by atoms with Gasteiger partial charge in [-0.05, 0) is 37.0 Å². The topological polar surface area (TPSA) is 82.8 Å². The summed E-state index contributed by atoms with van der Waals surface area (Å²) < 4.78 is 16.0. The number of nitrogens with two attached hydrogens (primary N) is 1. The van der Waals surface area contributed by atoms with Gasteiger partial charge in [0.1, 0.15) is 0 Å². The fraction of sp³-hybridized carbons (Fsp3) is 0.611. The number of rotatable bonds is 10. The van der Waals surface area contributed by atoms with Crippen LogP contribution in [-0.4, -0.2) is 39.3 Å². The molecule has 0 spiro atoms. The summed E-state index contributed by atoms with van der Waals surface area (Å²) >= 11 is 0. The zero-order chi connectivity index (χ0) is 18.2. The summed E-state index contributed by atoms with van der Waals surface area (Å²) in [6.07, 6.45) is 2.59. The molecule has 0 bridgehead atoms. The van der Waals surface area contributed by atoms with Crippen LogP contribution in [0.25, 0.3) is 0 Å². The Labute approximate surface area is 156 Å². The molecule has 3 N–H and O–H groups in total. The number of methoxy groups -OCH3 is 3. The Morgan fingerprint density at radius 1 is 1.08 bits per heavy atom. The van der Waals surface area contributed by atoms with Gasteiger partial charge in [-0.1, -0.05) is 13.8 Å². The first-order valence-electron chi connectivity index (χ1n) is 8.29. The number of carbonyl (C=O) groups is 1. The van der Waals surface area contributed by atoms with E-state index < -0.39 is 0 Å². The molecule has 0 radical (unpaired) electrons. The Bertz CT molecular complexity index is 515. The van der Waals surface area contributed by atoms with Crippen molar-refractivity contribution in [2.75, 3.05) is 27.9 Å². The van der Waals surface area contributed by atoms with E-state index in [2.05, 4.69) is 5.32 Å². The molecule has 0 aliphatic heterocycles.